The zero-order valence-corrected chi connectivity index (χ0v) is 11.9. The first-order valence-electron chi connectivity index (χ1n) is 5.47. The molecule has 1 N–H and O–H groups in total. The molecule has 1 atom stereocenters. The van der Waals surface area contributed by atoms with Gasteiger partial charge in [-0.1, -0.05) is 20.8 Å². The Bertz CT molecular complexity index is 335. The Morgan fingerprint density at radius 2 is 1.47 bits per heavy atom. The average molecular weight is 308 g/mol. The molecular weight excluding hydrogens is 291 g/mol. The van der Waals surface area contributed by atoms with E-state index in [9.17, 15) is 26.7 Å². The first kappa shape index (κ1) is 18.5. The number of halogens is 5. The van der Waals surface area contributed by atoms with E-state index >= 15 is 0 Å². The van der Waals surface area contributed by atoms with Crippen LogP contribution >= 0.6 is 11.8 Å². The Hall–Kier alpha value is -0.530. The van der Waals surface area contributed by atoms with Gasteiger partial charge in [0.05, 0.1) is 0 Å². The summed E-state index contributed by atoms with van der Waals surface area (Å²) >= 11 is 0.602. The van der Waals surface area contributed by atoms with Gasteiger partial charge in [-0.05, 0) is 12.3 Å². The lowest BCUT2D eigenvalue weighted by Gasteiger charge is -2.37. The maximum atomic E-state index is 12.7. The highest BCUT2D eigenvalue weighted by molar-refractivity contribution is 8.01. The molecule has 114 valence electrons. The SMILES string of the molecule is CC(C)(C)C(C)(SCCC(F)(F)C(F)(F)F)C(=O)O. The molecule has 0 bridgehead atoms. The van der Waals surface area contributed by atoms with Gasteiger partial charge in [0.25, 0.3) is 0 Å². The zero-order chi connectivity index (χ0) is 15.7. The highest BCUT2D eigenvalue weighted by Gasteiger charge is 2.57. The van der Waals surface area contributed by atoms with Gasteiger partial charge in [-0.15, -0.1) is 11.8 Å². The van der Waals surface area contributed by atoms with E-state index in [0.717, 1.165) is 0 Å². The van der Waals surface area contributed by atoms with Crippen LogP contribution in [0.2, 0.25) is 0 Å². The molecule has 0 heterocycles. The molecule has 0 aliphatic carbocycles. The van der Waals surface area contributed by atoms with Gasteiger partial charge in [0.1, 0.15) is 4.75 Å². The Balaban J connectivity index is 4.76. The second-order valence-corrected chi connectivity index (χ2v) is 6.90. The van der Waals surface area contributed by atoms with Gasteiger partial charge < -0.3 is 5.11 Å². The third-order valence-corrected chi connectivity index (χ3v) is 4.83. The molecule has 2 nitrogen and oxygen atoms in total. The quantitative estimate of drug-likeness (QED) is 0.774. The number of carboxylic acid groups (broad SMARTS) is 1. The minimum absolute atomic E-state index is 0.591. The van der Waals surface area contributed by atoms with E-state index in [1.54, 1.807) is 20.8 Å². The topological polar surface area (TPSA) is 37.3 Å². The van der Waals surface area contributed by atoms with Crippen molar-refractivity contribution in [1.29, 1.82) is 0 Å². The molecule has 0 fully saturated rings. The zero-order valence-electron chi connectivity index (χ0n) is 11.1. The Morgan fingerprint density at radius 1 is 1.05 bits per heavy atom. The molecule has 0 spiro atoms. The Kier molecular flexibility index (Phi) is 5.30. The molecule has 0 saturated carbocycles. The van der Waals surface area contributed by atoms with E-state index in [-0.39, 0.29) is 0 Å². The number of carboxylic acids is 1. The fraction of sp³-hybridized carbons (Fsp3) is 0.909. The summed E-state index contributed by atoms with van der Waals surface area (Å²) in [5.74, 6) is -6.62. The number of hydrogen-bond acceptors (Lipinski definition) is 2. The molecule has 0 aromatic carbocycles. The molecule has 19 heavy (non-hydrogen) atoms. The summed E-state index contributed by atoms with van der Waals surface area (Å²) < 4.78 is 59.9. The van der Waals surface area contributed by atoms with Crippen molar-refractivity contribution in [2.75, 3.05) is 5.75 Å². The van der Waals surface area contributed by atoms with Gasteiger partial charge in [-0.3, -0.25) is 4.79 Å². The predicted molar refractivity (Wildman–Crippen MR) is 63.6 cm³/mol. The van der Waals surface area contributed by atoms with E-state index in [1.165, 1.54) is 6.92 Å². The third kappa shape index (κ3) is 4.22. The lowest BCUT2D eigenvalue weighted by atomic mass is 9.81. The number of thioether (sulfide) groups is 1. The molecule has 0 radical (unpaired) electrons. The van der Waals surface area contributed by atoms with Crippen molar-refractivity contribution in [2.24, 2.45) is 5.41 Å². The second-order valence-electron chi connectivity index (χ2n) is 5.39. The van der Waals surface area contributed by atoms with Crippen LogP contribution in [0.1, 0.15) is 34.1 Å². The van der Waals surface area contributed by atoms with Crippen molar-refractivity contribution in [1.82, 2.24) is 0 Å². The van der Waals surface area contributed by atoms with Gasteiger partial charge in [-0.25, -0.2) is 0 Å². The molecule has 8 heteroatoms. The second kappa shape index (κ2) is 5.46. The highest BCUT2D eigenvalue weighted by atomic mass is 32.2. The van der Waals surface area contributed by atoms with Crippen molar-refractivity contribution < 1.29 is 31.9 Å². The van der Waals surface area contributed by atoms with E-state index in [0.29, 0.717) is 11.8 Å². The van der Waals surface area contributed by atoms with E-state index in [1.807, 2.05) is 0 Å². The van der Waals surface area contributed by atoms with E-state index in [2.05, 4.69) is 0 Å². The van der Waals surface area contributed by atoms with Gasteiger partial charge in [-0.2, -0.15) is 22.0 Å². The van der Waals surface area contributed by atoms with Gasteiger partial charge in [0.15, 0.2) is 0 Å². The fourth-order valence-electron chi connectivity index (χ4n) is 1.12. The number of carbonyl (C=O) groups is 1. The number of alkyl halides is 5. The largest absolute Gasteiger partial charge is 0.480 e. The smallest absolute Gasteiger partial charge is 0.453 e. The summed E-state index contributed by atoms with van der Waals surface area (Å²) in [4.78, 5) is 11.2. The van der Waals surface area contributed by atoms with Crippen molar-refractivity contribution in [3.63, 3.8) is 0 Å². The minimum atomic E-state index is -5.60. The van der Waals surface area contributed by atoms with Crippen LogP contribution in [0.4, 0.5) is 22.0 Å². The average Bonchev–Trinajstić information content (AvgIpc) is 2.12. The molecule has 0 saturated heterocycles. The Morgan fingerprint density at radius 3 is 1.74 bits per heavy atom. The van der Waals surface area contributed by atoms with Gasteiger partial charge in [0, 0.05) is 12.2 Å². The lowest BCUT2D eigenvalue weighted by Crippen LogP contribution is -2.45. The predicted octanol–water partition coefficient (Wildman–Crippen LogP) is 4.20. The van der Waals surface area contributed by atoms with Crippen LogP contribution in [0, 0.1) is 5.41 Å². The van der Waals surface area contributed by atoms with Crippen molar-refractivity contribution >= 4 is 17.7 Å². The number of rotatable bonds is 5. The summed E-state index contributed by atoms with van der Waals surface area (Å²) in [6.07, 6.45) is -7.03. The van der Waals surface area contributed by atoms with Crippen LogP contribution in [0.3, 0.4) is 0 Å². The van der Waals surface area contributed by atoms with Crippen molar-refractivity contribution in [3.8, 4) is 0 Å². The molecule has 0 amide bonds. The van der Waals surface area contributed by atoms with E-state index < -0.39 is 40.4 Å². The summed E-state index contributed by atoms with van der Waals surface area (Å²) in [6.45, 7) is 6.10. The van der Waals surface area contributed by atoms with Crippen LogP contribution in [0.15, 0.2) is 0 Å². The first-order valence-corrected chi connectivity index (χ1v) is 6.45. The molecule has 1 unspecified atom stereocenters. The maximum absolute atomic E-state index is 12.7. The van der Waals surface area contributed by atoms with Crippen LogP contribution in [0.25, 0.3) is 0 Å². The van der Waals surface area contributed by atoms with Crippen molar-refractivity contribution in [3.05, 3.63) is 0 Å². The minimum Gasteiger partial charge on any atom is -0.480 e. The lowest BCUT2D eigenvalue weighted by molar-refractivity contribution is -0.282. The van der Waals surface area contributed by atoms with Crippen LogP contribution in [-0.4, -0.2) is 33.7 Å². The van der Waals surface area contributed by atoms with E-state index in [4.69, 9.17) is 5.11 Å². The summed E-state index contributed by atoms with van der Waals surface area (Å²) in [5, 5.41) is 9.13. The first-order chi connectivity index (χ1) is 8.15. The van der Waals surface area contributed by atoms with Crippen LogP contribution < -0.4 is 0 Å². The number of aliphatic carboxylic acids is 1. The van der Waals surface area contributed by atoms with Gasteiger partial charge >= 0.3 is 18.1 Å². The normalized spacial score (nSPS) is 17.1. The summed E-state index contributed by atoms with van der Waals surface area (Å²) in [5.41, 5.74) is -0.781. The Labute approximate surface area is 112 Å². The molecule has 0 aliphatic heterocycles. The van der Waals surface area contributed by atoms with Crippen LogP contribution in [-0.2, 0) is 4.79 Å². The standard InChI is InChI=1S/C11H17F5O2S/c1-8(2,3)9(4,7(17)18)19-6-5-10(12,13)11(14,15)16/h5-6H2,1-4H3,(H,17,18). The summed E-state index contributed by atoms with van der Waals surface area (Å²) in [7, 11) is 0. The maximum Gasteiger partial charge on any atom is 0.453 e. The highest BCUT2D eigenvalue weighted by Crippen LogP contribution is 2.45. The fourth-order valence-corrected chi connectivity index (χ4v) is 2.45. The van der Waals surface area contributed by atoms with Crippen molar-refractivity contribution in [2.45, 2.75) is 51.0 Å². The molecule has 0 aromatic heterocycles. The molecule has 0 aromatic rings. The van der Waals surface area contributed by atoms with Crippen LogP contribution in [0.5, 0.6) is 0 Å². The third-order valence-electron chi connectivity index (χ3n) is 3.06. The molecular formula is C11H17F5O2S. The molecule has 0 aliphatic rings. The molecule has 0 rings (SSSR count). The number of hydrogen-bond donors (Lipinski definition) is 1. The summed E-state index contributed by atoms with van der Waals surface area (Å²) in [6, 6.07) is 0. The van der Waals surface area contributed by atoms with Gasteiger partial charge in [0.2, 0.25) is 0 Å². The monoisotopic (exact) mass is 308 g/mol.